The first-order valence-electron chi connectivity index (χ1n) is 13.3. The molecule has 0 aromatic heterocycles. The third kappa shape index (κ3) is 7.44. The molecule has 4 rings (SSSR count). The van der Waals surface area contributed by atoms with Gasteiger partial charge in [-0.05, 0) is 29.2 Å². The maximum Gasteiger partial charge on any atom is 0.330 e. The van der Waals surface area contributed by atoms with Crippen molar-refractivity contribution in [2.45, 2.75) is 30.6 Å². The van der Waals surface area contributed by atoms with Crippen LogP contribution in [0.5, 0.6) is 0 Å². The second kappa shape index (κ2) is 15.4. The van der Waals surface area contributed by atoms with E-state index in [0.29, 0.717) is 6.61 Å². The summed E-state index contributed by atoms with van der Waals surface area (Å²) in [6, 6.07) is 42.7. The van der Waals surface area contributed by atoms with Crippen molar-refractivity contribution < 1.29 is 14.3 Å². The zero-order chi connectivity index (χ0) is 29.4. The van der Waals surface area contributed by atoms with Crippen LogP contribution < -0.4 is 0 Å². The number of benzene rings is 4. The number of rotatable bonds is 10. The third-order valence-corrected chi connectivity index (χ3v) is 6.86. The highest BCUT2D eigenvalue weighted by atomic mass is 16.5. The second-order valence-electron chi connectivity index (χ2n) is 9.28. The van der Waals surface area contributed by atoms with Crippen molar-refractivity contribution >= 4 is 12.3 Å². The van der Waals surface area contributed by atoms with Gasteiger partial charge in [-0.3, -0.25) is 0 Å². The van der Waals surface area contributed by atoms with Gasteiger partial charge >= 0.3 is 5.97 Å². The predicted molar refractivity (Wildman–Crippen MR) is 160 cm³/mol. The quantitative estimate of drug-likeness (QED) is 0.122. The van der Waals surface area contributed by atoms with Gasteiger partial charge in [0.25, 0.3) is 0 Å². The number of esters is 1. The molecule has 0 radical (unpaired) electrons. The van der Waals surface area contributed by atoms with Crippen LogP contribution in [0, 0.1) is 22.7 Å². The molecule has 5 heteroatoms. The van der Waals surface area contributed by atoms with Crippen LogP contribution in [-0.2, 0) is 25.2 Å². The maximum absolute atomic E-state index is 11.8. The summed E-state index contributed by atoms with van der Waals surface area (Å²) in [4.78, 5) is 23.4. The molecule has 0 heterocycles. The number of carbonyl (C=O) groups is 2. The Balaban J connectivity index is 0.000000232. The SMILES string of the molecule is CCOC(=O)C=CC(CC#N)(c1ccccc1)c1ccccc1.N#CCC(C=O)(c1ccccc1)c1ccccc1. The van der Waals surface area contributed by atoms with E-state index in [4.69, 9.17) is 10.00 Å². The summed E-state index contributed by atoms with van der Waals surface area (Å²) < 4.78 is 4.98. The Labute approximate surface area is 242 Å². The summed E-state index contributed by atoms with van der Waals surface area (Å²) in [7, 11) is 0. The van der Waals surface area contributed by atoms with Gasteiger partial charge in [0.15, 0.2) is 0 Å². The molecule has 41 heavy (non-hydrogen) atoms. The lowest BCUT2D eigenvalue weighted by Gasteiger charge is -2.29. The minimum Gasteiger partial charge on any atom is -0.463 e. The van der Waals surface area contributed by atoms with Crippen LogP contribution >= 0.6 is 0 Å². The van der Waals surface area contributed by atoms with Crippen LogP contribution in [0.1, 0.15) is 42.0 Å². The molecular formula is C36H32N2O3. The lowest BCUT2D eigenvalue weighted by molar-refractivity contribution is -0.137. The Morgan fingerprint density at radius 2 is 1.00 bits per heavy atom. The van der Waals surface area contributed by atoms with Crippen molar-refractivity contribution in [1.82, 2.24) is 0 Å². The van der Waals surface area contributed by atoms with Gasteiger partial charge in [-0.1, -0.05) is 127 Å². The van der Waals surface area contributed by atoms with E-state index < -0.39 is 16.8 Å². The summed E-state index contributed by atoms with van der Waals surface area (Å²) in [5.41, 5.74) is 2.10. The van der Waals surface area contributed by atoms with Gasteiger partial charge in [0.05, 0.1) is 42.4 Å². The molecule has 204 valence electrons. The van der Waals surface area contributed by atoms with Crippen molar-refractivity contribution in [3.05, 3.63) is 156 Å². The number of hydrogen-bond acceptors (Lipinski definition) is 5. The summed E-state index contributed by atoms with van der Waals surface area (Å²) in [6.07, 6.45) is 4.45. The first kappa shape index (κ1) is 30.3. The first-order valence-corrected chi connectivity index (χ1v) is 13.3. The van der Waals surface area contributed by atoms with Gasteiger partial charge in [-0.2, -0.15) is 10.5 Å². The van der Waals surface area contributed by atoms with E-state index in [0.717, 1.165) is 28.5 Å². The van der Waals surface area contributed by atoms with Gasteiger partial charge in [0, 0.05) is 6.08 Å². The second-order valence-corrected chi connectivity index (χ2v) is 9.28. The maximum atomic E-state index is 11.8. The summed E-state index contributed by atoms with van der Waals surface area (Å²) in [5.74, 6) is -0.401. The lowest BCUT2D eigenvalue weighted by atomic mass is 9.72. The predicted octanol–water partition coefficient (Wildman–Crippen LogP) is 7.09. The van der Waals surface area contributed by atoms with Crippen molar-refractivity contribution in [3.63, 3.8) is 0 Å². The van der Waals surface area contributed by atoms with E-state index in [-0.39, 0.29) is 12.8 Å². The molecule has 0 aliphatic heterocycles. The fourth-order valence-electron chi connectivity index (χ4n) is 4.76. The van der Waals surface area contributed by atoms with Crippen molar-refractivity contribution in [1.29, 1.82) is 10.5 Å². The number of allylic oxidation sites excluding steroid dienone is 1. The molecule has 4 aromatic rings. The van der Waals surface area contributed by atoms with Gasteiger partial charge in [0.1, 0.15) is 6.29 Å². The number of ether oxygens (including phenoxy) is 1. The smallest absolute Gasteiger partial charge is 0.330 e. The molecular weight excluding hydrogens is 508 g/mol. The number of hydrogen-bond donors (Lipinski definition) is 0. The van der Waals surface area contributed by atoms with E-state index >= 15 is 0 Å². The molecule has 5 nitrogen and oxygen atoms in total. The van der Waals surface area contributed by atoms with Crippen molar-refractivity contribution in [3.8, 4) is 12.1 Å². The Hall–Kier alpha value is -5.26. The third-order valence-electron chi connectivity index (χ3n) is 6.86. The Bertz CT molecular complexity index is 1410. The summed E-state index contributed by atoms with van der Waals surface area (Å²) in [6.45, 7) is 2.09. The van der Waals surface area contributed by atoms with E-state index in [9.17, 15) is 14.9 Å². The fourth-order valence-corrected chi connectivity index (χ4v) is 4.76. The molecule has 0 N–H and O–H groups in total. The van der Waals surface area contributed by atoms with E-state index in [1.165, 1.54) is 6.08 Å². The van der Waals surface area contributed by atoms with Crippen LogP contribution in [0.25, 0.3) is 0 Å². The molecule has 0 saturated heterocycles. The summed E-state index contributed by atoms with van der Waals surface area (Å²) >= 11 is 0. The topological polar surface area (TPSA) is 90.9 Å². The molecule has 0 fully saturated rings. The normalized spacial score (nSPS) is 10.9. The summed E-state index contributed by atoms with van der Waals surface area (Å²) in [5, 5.41) is 18.4. The van der Waals surface area contributed by atoms with Crippen LogP contribution in [0.4, 0.5) is 0 Å². The Morgan fingerprint density at radius 3 is 1.32 bits per heavy atom. The first-order chi connectivity index (χ1) is 20.1. The molecule has 0 aliphatic carbocycles. The van der Waals surface area contributed by atoms with Crippen molar-refractivity contribution in [2.75, 3.05) is 6.61 Å². The highest BCUT2D eigenvalue weighted by Crippen LogP contribution is 2.37. The van der Waals surface area contributed by atoms with Crippen molar-refractivity contribution in [2.24, 2.45) is 0 Å². The lowest BCUT2D eigenvalue weighted by Crippen LogP contribution is -2.29. The zero-order valence-corrected chi connectivity index (χ0v) is 23.0. The molecule has 0 spiro atoms. The van der Waals surface area contributed by atoms with Crippen LogP contribution in [0.2, 0.25) is 0 Å². The molecule has 0 aliphatic rings. The molecule has 0 saturated carbocycles. The van der Waals surface area contributed by atoms with Gasteiger partial charge < -0.3 is 9.53 Å². The molecule has 0 amide bonds. The number of nitrogens with zero attached hydrogens (tertiary/aromatic N) is 2. The molecule has 0 atom stereocenters. The molecule has 0 bridgehead atoms. The highest BCUT2D eigenvalue weighted by molar-refractivity contribution is 5.82. The zero-order valence-electron chi connectivity index (χ0n) is 23.0. The van der Waals surface area contributed by atoms with Gasteiger partial charge in [-0.15, -0.1) is 0 Å². The van der Waals surface area contributed by atoms with Crippen LogP contribution in [0.3, 0.4) is 0 Å². The Kier molecular flexibility index (Phi) is 11.3. The van der Waals surface area contributed by atoms with E-state index in [2.05, 4.69) is 12.1 Å². The number of nitriles is 2. The van der Waals surface area contributed by atoms with E-state index in [1.54, 1.807) is 13.0 Å². The van der Waals surface area contributed by atoms with E-state index in [1.807, 2.05) is 121 Å². The monoisotopic (exact) mass is 540 g/mol. The van der Waals surface area contributed by atoms with Crippen LogP contribution in [-0.4, -0.2) is 18.9 Å². The number of aldehydes is 1. The largest absolute Gasteiger partial charge is 0.463 e. The highest BCUT2D eigenvalue weighted by Gasteiger charge is 2.34. The Morgan fingerprint density at radius 1 is 0.659 bits per heavy atom. The van der Waals surface area contributed by atoms with Gasteiger partial charge in [-0.25, -0.2) is 4.79 Å². The molecule has 0 unspecified atom stereocenters. The molecule has 4 aromatic carbocycles. The minimum atomic E-state index is -0.864. The number of carbonyl (C=O) groups excluding carboxylic acids is 2. The average molecular weight is 541 g/mol. The fraction of sp³-hybridized carbons (Fsp3) is 0.167. The van der Waals surface area contributed by atoms with Gasteiger partial charge in [0.2, 0.25) is 0 Å². The minimum absolute atomic E-state index is 0.143. The average Bonchev–Trinajstić information content (AvgIpc) is 3.04. The van der Waals surface area contributed by atoms with Crippen LogP contribution in [0.15, 0.2) is 133 Å². The standard InChI is InChI=1S/C20H19NO2.C16H13NO/c1-2-23-19(22)13-14-20(15-16-21,17-9-5-3-6-10-17)18-11-7-4-8-12-18;17-12-11-16(13-18,14-7-3-1-4-8-14)15-9-5-2-6-10-15/h3-14H,2,15H2,1H3;1-10,13H,11H2.